The number of hydrogen-bond donors (Lipinski definition) is 1. The zero-order valence-electron chi connectivity index (χ0n) is 9.53. The second-order valence-corrected chi connectivity index (χ2v) is 4.25. The summed E-state index contributed by atoms with van der Waals surface area (Å²) in [6.45, 7) is 2.14. The Kier molecular flexibility index (Phi) is 3.53. The number of aromatic nitrogens is 2. The summed E-state index contributed by atoms with van der Waals surface area (Å²) in [5.41, 5.74) is 1.61. The molecule has 1 heterocycles. The smallest absolute Gasteiger partial charge is 0.136 e. The van der Waals surface area contributed by atoms with Crippen LogP contribution in [0.2, 0.25) is 0 Å². The standard InChI is InChI=1S/C11H12FN3OS/c1-7-3-4-8(12)5-10(7)16-6-9-11(13-2)17-15-14-9/h3-5,13H,6H2,1-2H3. The summed E-state index contributed by atoms with van der Waals surface area (Å²) in [4.78, 5) is 0. The predicted octanol–water partition coefficient (Wildman–Crippen LogP) is 2.61. The van der Waals surface area contributed by atoms with E-state index in [0.717, 1.165) is 16.3 Å². The fraction of sp³-hybridized carbons (Fsp3) is 0.273. The minimum absolute atomic E-state index is 0.275. The molecule has 0 bridgehead atoms. The zero-order valence-corrected chi connectivity index (χ0v) is 10.3. The van der Waals surface area contributed by atoms with Crippen molar-refractivity contribution in [3.8, 4) is 5.75 Å². The molecule has 1 aromatic carbocycles. The maximum atomic E-state index is 13.0. The van der Waals surface area contributed by atoms with Crippen LogP contribution in [0.5, 0.6) is 5.75 Å². The summed E-state index contributed by atoms with van der Waals surface area (Å²) in [5.74, 6) is 0.218. The number of aryl methyl sites for hydroxylation is 1. The molecule has 0 spiro atoms. The molecule has 17 heavy (non-hydrogen) atoms. The highest BCUT2D eigenvalue weighted by Gasteiger charge is 2.08. The lowest BCUT2D eigenvalue weighted by molar-refractivity contribution is 0.298. The van der Waals surface area contributed by atoms with Crippen LogP contribution in [0, 0.1) is 12.7 Å². The molecule has 2 rings (SSSR count). The van der Waals surface area contributed by atoms with Crippen molar-refractivity contribution in [2.24, 2.45) is 0 Å². The molecule has 0 saturated heterocycles. The largest absolute Gasteiger partial charge is 0.487 e. The van der Waals surface area contributed by atoms with Crippen molar-refractivity contribution >= 4 is 16.5 Å². The van der Waals surface area contributed by atoms with Gasteiger partial charge in [0.25, 0.3) is 0 Å². The van der Waals surface area contributed by atoms with E-state index in [1.165, 1.54) is 23.7 Å². The van der Waals surface area contributed by atoms with Gasteiger partial charge in [-0.05, 0) is 18.6 Å². The molecule has 0 unspecified atom stereocenters. The molecule has 0 amide bonds. The van der Waals surface area contributed by atoms with Crippen molar-refractivity contribution in [3.63, 3.8) is 0 Å². The molecular formula is C11H12FN3OS. The van der Waals surface area contributed by atoms with E-state index >= 15 is 0 Å². The normalized spacial score (nSPS) is 10.3. The van der Waals surface area contributed by atoms with E-state index in [9.17, 15) is 4.39 Å². The van der Waals surface area contributed by atoms with Crippen LogP contribution in [-0.2, 0) is 6.61 Å². The van der Waals surface area contributed by atoms with Crippen molar-refractivity contribution in [2.45, 2.75) is 13.5 Å². The number of benzene rings is 1. The minimum atomic E-state index is -0.309. The predicted molar refractivity (Wildman–Crippen MR) is 64.9 cm³/mol. The molecule has 0 radical (unpaired) electrons. The molecule has 90 valence electrons. The van der Waals surface area contributed by atoms with Gasteiger partial charge < -0.3 is 10.1 Å². The summed E-state index contributed by atoms with van der Waals surface area (Å²) in [6, 6.07) is 4.46. The number of hydrogen-bond acceptors (Lipinski definition) is 5. The molecule has 1 N–H and O–H groups in total. The van der Waals surface area contributed by atoms with Gasteiger partial charge in [-0.2, -0.15) is 0 Å². The van der Waals surface area contributed by atoms with Crippen LogP contribution in [0.1, 0.15) is 11.3 Å². The van der Waals surface area contributed by atoms with Crippen molar-refractivity contribution < 1.29 is 9.13 Å². The average molecular weight is 253 g/mol. The fourth-order valence-corrected chi connectivity index (χ4v) is 1.89. The molecule has 0 fully saturated rings. The Balaban J connectivity index is 2.09. The third kappa shape index (κ3) is 2.71. The van der Waals surface area contributed by atoms with E-state index in [1.807, 2.05) is 6.92 Å². The van der Waals surface area contributed by atoms with Gasteiger partial charge in [-0.25, -0.2) is 4.39 Å². The lowest BCUT2D eigenvalue weighted by Crippen LogP contribution is -2.00. The highest BCUT2D eigenvalue weighted by molar-refractivity contribution is 7.10. The second-order valence-electron chi connectivity index (χ2n) is 3.50. The topological polar surface area (TPSA) is 47.0 Å². The number of halogens is 1. The first kappa shape index (κ1) is 11.8. The molecular weight excluding hydrogens is 241 g/mol. The number of rotatable bonds is 4. The first-order valence-corrected chi connectivity index (χ1v) is 5.86. The first-order chi connectivity index (χ1) is 8.20. The zero-order chi connectivity index (χ0) is 12.3. The molecule has 0 aliphatic rings. The Labute approximate surface area is 103 Å². The van der Waals surface area contributed by atoms with Gasteiger partial charge in [-0.1, -0.05) is 10.6 Å². The third-order valence-corrected chi connectivity index (χ3v) is 3.08. The van der Waals surface area contributed by atoms with Crippen molar-refractivity contribution in [3.05, 3.63) is 35.3 Å². The van der Waals surface area contributed by atoms with Gasteiger partial charge in [-0.3, -0.25) is 0 Å². The van der Waals surface area contributed by atoms with E-state index in [0.29, 0.717) is 5.75 Å². The van der Waals surface area contributed by atoms with Crippen LogP contribution in [0.25, 0.3) is 0 Å². The molecule has 2 aromatic rings. The van der Waals surface area contributed by atoms with Crippen molar-refractivity contribution in [1.29, 1.82) is 0 Å². The maximum absolute atomic E-state index is 13.0. The average Bonchev–Trinajstić information content (AvgIpc) is 2.77. The second kappa shape index (κ2) is 5.09. The first-order valence-electron chi connectivity index (χ1n) is 5.08. The number of ether oxygens (including phenoxy) is 1. The summed E-state index contributed by atoms with van der Waals surface area (Å²) in [5, 5.41) is 7.78. The van der Waals surface area contributed by atoms with E-state index in [2.05, 4.69) is 14.9 Å². The van der Waals surface area contributed by atoms with Crippen LogP contribution in [0.3, 0.4) is 0 Å². The molecule has 0 aliphatic heterocycles. The van der Waals surface area contributed by atoms with Crippen LogP contribution >= 0.6 is 11.5 Å². The van der Waals surface area contributed by atoms with Crippen molar-refractivity contribution in [1.82, 2.24) is 9.59 Å². The Morgan fingerprint density at radius 1 is 1.47 bits per heavy atom. The van der Waals surface area contributed by atoms with Crippen LogP contribution in [0.15, 0.2) is 18.2 Å². The van der Waals surface area contributed by atoms with Crippen LogP contribution < -0.4 is 10.1 Å². The van der Waals surface area contributed by atoms with E-state index in [1.54, 1.807) is 13.1 Å². The lowest BCUT2D eigenvalue weighted by Gasteiger charge is -2.08. The SMILES string of the molecule is CNc1snnc1COc1cc(F)ccc1C. The molecule has 0 aliphatic carbocycles. The van der Waals surface area contributed by atoms with Crippen LogP contribution in [0.4, 0.5) is 9.39 Å². The summed E-state index contributed by atoms with van der Waals surface area (Å²) >= 11 is 1.27. The summed E-state index contributed by atoms with van der Waals surface area (Å²) in [6.07, 6.45) is 0. The van der Waals surface area contributed by atoms with E-state index in [4.69, 9.17) is 4.74 Å². The molecule has 4 nitrogen and oxygen atoms in total. The highest BCUT2D eigenvalue weighted by Crippen LogP contribution is 2.22. The maximum Gasteiger partial charge on any atom is 0.136 e. The fourth-order valence-electron chi connectivity index (χ4n) is 1.37. The monoisotopic (exact) mass is 253 g/mol. The lowest BCUT2D eigenvalue weighted by atomic mass is 10.2. The molecule has 0 saturated carbocycles. The van der Waals surface area contributed by atoms with E-state index in [-0.39, 0.29) is 12.4 Å². The Bertz CT molecular complexity index is 515. The highest BCUT2D eigenvalue weighted by atomic mass is 32.1. The Morgan fingerprint density at radius 2 is 2.29 bits per heavy atom. The van der Waals surface area contributed by atoms with Gasteiger partial charge >= 0.3 is 0 Å². The van der Waals surface area contributed by atoms with Gasteiger partial charge in [0.15, 0.2) is 0 Å². The number of nitrogens with zero attached hydrogens (tertiary/aromatic N) is 2. The van der Waals surface area contributed by atoms with Gasteiger partial charge in [0.05, 0.1) is 0 Å². The summed E-state index contributed by atoms with van der Waals surface area (Å²) in [7, 11) is 1.80. The number of anilines is 1. The molecule has 6 heteroatoms. The molecule has 0 atom stereocenters. The third-order valence-electron chi connectivity index (χ3n) is 2.30. The van der Waals surface area contributed by atoms with Gasteiger partial charge in [-0.15, -0.1) is 5.10 Å². The minimum Gasteiger partial charge on any atom is -0.487 e. The Morgan fingerprint density at radius 3 is 3.06 bits per heavy atom. The van der Waals surface area contributed by atoms with Crippen molar-refractivity contribution in [2.75, 3.05) is 12.4 Å². The number of nitrogens with one attached hydrogen (secondary N) is 1. The van der Waals surface area contributed by atoms with E-state index < -0.39 is 0 Å². The summed E-state index contributed by atoms with van der Waals surface area (Å²) < 4.78 is 22.4. The van der Waals surface area contributed by atoms with Gasteiger partial charge in [0.1, 0.15) is 28.9 Å². The molecule has 1 aromatic heterocycles. The quantitative estimate of drug-likeness (QED) is 0.909. The van der Waals surface area contributed by atoms with Gasteiger partial charge in [0, 0.05) is 24.6 Å². The Hall–Kier alpha value is -1.69. The van der Waals surface area contributed by atoms with Gasteiger partial charge in [0.2, 0.25) is 0 Å². The van der Waals surface area contributed by atoms with Crippen LogP contribution in [-0.4, -0.2) is 16.6 Å².